The molecule has 4 heteroatoms. The summed E-state index contributed by atoms with van der Waals surface area (Å²) >= 11 is 0. The normalized spacial score (nSPS) is 33.0. The molecule has 0 radical (unpaired) electrons. The fourth-order valence-corrected chi connectivity index (χ4v) is 4.68. The molecule has 1 saturated carbocycles. The van der Waals surface area contributed by atoms with E-state index in [0.29, 0.717) is 12.3 Å². The van der Waals surface area contributed by atoms with Gasteiger partial charge in [0, 0.05) is 31.7 Å². The molecule has 1 saturated heterocycles. The van der Waals surface area contributed by atoms with Gasteiger partial charge in [0.1, 0.15) is 0 Å². The molecule has 0 amide bonds. The van der Waals surface area contributed by atoms with Crippen LogP contribution in [0.15, 0.2) is 0 Å². The highest BCUT2D eigenvalue weighted by Crippen LogP contribution is 2.49. The van der Waals surface area contributed by atoms with Gasteiger partial charge in [-0.2, -0.15) is 0 Å². The number of rotatable bonds is 3. The van der Waals surface area contributed by atoms with Crippen molar-refractivity contribution in [3.05, 3.63) is 0 Å². The van der Waals surface area contributed by atoms with Crippen molar-refractivity contribution in [2.24, 2.45) is 11.3 Å². The third-order valence-corrected chi connectivity index (χ3v) is 5.64. The van der Waals surface area contributed by atoms with E-state index in [-0.39, 0.29) is 11.0 Å². The number of hydrogen-bond donors (Lipinski definition) is 1. The number of carboxylic acids is 1. The summed E-state index contributed by atoms with van der Waals surface area (Å²) in [6, 6.07) is 0. The molecule has 0 spiro atoms. The fraction of sp³-hybridized carbons (Fsp3) is 0.941. The van der Waals surface area contributed by atoms with Crippen LogP contribution < -0.4 is 0 Å². The molecule has 1 N–H and O–H groups in total. The van der Waals surface area contributed by atoms with Crippen molar-refractivity contribution >= 4 is 5.97 Å². The van der Waals surface area contributed by atoms with Crippen LogP contribution in [0.2, 0.25) is 0 Å². The first-order valence-corrected chi connectivity index (χ1v) is 8.41. The van der Waals surface area contributed by atoms with Crippen molar-refractivity contribution in [3.8, 4) is 0 Å². The molecule has 122 valence electrons. The maximum Gasteiger partial charge on any atom is 0.305 e. The van der Waals surface area contributed by atoms with Gasteiger partial charge >= 0.3 is 5.97 Å². The summed E-state index contributed by atoms with van der Waals surface area (Å²) in [4.78, 5) is 16.5. The zero-order chi connectivity index (χ0) is 15.7. The number of nitrogens with zero attached hydrogens (tertiary/aromatic N) is 2. The van der Waals surface area contributed by atoms with E-state index < -0.39 is 5.97 Å². The second kappa shape index (κ2) is 6.25. The van der Waals surface area contributed by atoms with E-state index in [2.05, 4.69) is 37.6 Å². The van der Waals surface area contributed by atoms with E-state index in [4.69, 9.17) is 0 Å². The fourth-order valence-electron chi connectivity index (χ4n) is 4.68. The predicted molar refractivity (Wildman–Crippen MR) is 85.5 cm³/mol. The van der Waals surface area contributed by atoms with Gasteiger partial charge in [-0.3, -0.25) is 9.69 Å². The Balaban J connectivity index is 2.31. The molecule has 1 aliphatic heterocycles. The lowest BCUT2D eigenvalue weighted by Gasteiger charge is -2.56. The van der Waals surface area contributed by atoms with E-state index >= 15 is 0 Å². The first-order valence-electron chi connectivity index (χ1n) is 8.41. The molecule has 2 fully saturated rings. The number of hydrogen-bond acceptors (Lipinski definition) is 3. The second-order valence-corrected chi connectivity index (χ2v) is 8.13. The summed E-state index contributed by atoms with van der Waals surface area (Å²) in [5.74, 6) is -0.164. The summed E-state index contributed by atoms with van der Waals surface area (Å²) in [5.41, 5.74) is 0.0306. The zero-order valence-electron chi connectivity index (χ0n) is 14.2. The second-order valence-electron chi connectivity index (χ2n) is 8.13. The molecular formula is C17H32N2O2. The molecule has 4 nitrogen and oxygen atoms in total. The molecule has 2 unspecified atom stereocenters. The lowest BCUT2D eigenvalue weighted by Crippen LogP contribution is -2.63. The molecule has 2 aliphatic rings. The third-order valence-electron chi connectivity index (χ3n) is 5.64. The standard InChI is InChI=1S/C17H32N2O2/c1-16(2,3)14-7-5-6-8-17(14,13-15(20)21)19-11-9-18(4)10-12-19/h14H,5-13H2,1-4H3,(H,20,21). The molecule has 1 heterocycles. The Kier molecular flexibility index (Phi) is 4.99. The average Bonchev–Trinajstić information content (AvgIpc) is 2.37. The molecule has 2 atom stereocenters. The van der Waals surface area contributed by atoms with Gasteiger partial charge in [0.2, 0.25) is 0 Å². The van der Waals surface area contributed by atoms with E-state index in [0.717, 1.165) is 32.6 Å². The summed E-state index contributed by atoms with van der Waals surface area (Å²) < 4.78 is 0. The zero-order valence-corrected chi connectivity index (χ0v) is 14.2. The lowest BCUT2D eigenvalue weighted by molar-refractivity contribution is -0.146. The van der Waals surface area contributed by atoms with Crippen LogP contribution in [0, 0.1) is 11.3 Å². The first-order chi connectivity index (χ1) is 9.75. The van der Waals surface area contributed by atoms with E-state index in [1.54, 1.807) is 0 Å². The predicted octanol–water partition coefficient (Wildman–Crippen LogP) is 2.68. The molecule has 1 aliphatic carbocycles. The van der Waals surface area contributed by atoms with E-state index in [1.807, 2.05) is 0 Å². The highest BCUT2D eigenvalue weighted by atomic mass is 16.4. The van der Waals surface area contributed by atoms with Crippen molar-refractivity contribution in [1.82, 2.24) is 9.80 Å². The minimum atomic E-state index is -0.634. The highest BCUT2D eigenvalue weighted by molar-refractivity contribution is 5.68. The summed E-state index contributed by atoms with van der Waals surface area (Å²) in [5, 5.41) is 9.56. The van der Waals surface area contributed by atoms with Gasteiger partial charge in [0.05, 0.1) is 6.42 Å². The maximum atomic E-state index is 11.6. The summed E-state index contributed by atoms with van der Waals surface area (Å²) in [7, 11) is 2.16. The first kappa shape index (κ1) is 16.8. The Morgan fingerprint density at radius 2 is 1.81 bits per heavy atom. The quantitative estimate of drug-likeness (QED) is 0.869. The Morgan fingerprint density at radius 1 is 1.19 bits per heavy atom. The van der Waals surface area contributed by atoms with Gasteiger partial charge in [0.15, 0.2) is 0 Å². The topological polar surface area (TPSA) is 43.8 Å². The molecule has 2 rings (SSSR count). The van der Waals surface area contributed by atoms with Crippen LogP contribution in [0.1, 0.15) is 52.9 Å². The SMILES string of the molecule is CN1CCN(C2(CC(=O)O)CCCCC2C(C)(C)C)CC1. The van der Waals surface area contributed by atoms with Gasteiger partial charge < -0.3 is 10.0 Å². The Labute approximate surface area is 129 Å². The molecule has 0 aromatic carbocycles. The van der Waals surface area contributed by atoms with Gasteiger partial charge in [-0.25, -0.2) is 0 Å². The van der Waals surface area contributed by atoms with Crippen LogP contribution in [-0.4, -0.2) is 59.6 Å². The van der Waals surface area contributed by atoms with Crippen LogP contribution in [0.3, 0.4) is 0 Å². The Morgan fingerprint density at radius 3 is 2.33 bits per heavy atom. The Hall–Kier alpha value is -0.610. The largest absolute Gasteiger partial charge is 0.481 e. The van der Waals surface area contributed by atoms with Gasteiger partial charge in [0.25, 0.3) is 0 Å². The minimum absolute atomic E-state index is 0.135. The lowest BCUT2D eigenvalue weighted by atomic mass is 9.60. The van der Waals surface area contributed by atoms with Gasteiger partial charge in [-0.1, -0.05) is 33.6 Å². The van der Waals surface area contributed by atoms with Crippen LogP contribution in [0.4, 0.5) is 0 Å². The van der Waals surface area contributed by atoms with Crippen molar-refractivity contribution < 1.29 is 9.90 Å². The Bertz CT molecular complexity index is 369. The maximum absolute atomic E-state index is 11.6. The molecule has 21 heavy (non-hydrogen) atoms. The van der Waals surface area contributed by atoms with Crippen LogP contribution in [0.25, 0.3) is 0 Å². The van der Waals surface area contributed by atoms with Gasteiger partial charge in [-0.15, -0.1) is 0 Å². The average molecular weight is 296 g/mol. The van der Waals surface area contributed by atoms with Crippen molar-refractivity contribution in [2.75, 3.05) is 33.2 Å². The number of carboxylic acid groups (broad SMARTS) is 1. The third kappa shape index (κ3) is 3.59. The monoisotopic (exact) mass is 296 g/mol. The van der Waals surface area contributed by atoms with Gasteiger partial charge in [-0.05, 0) is 31.2 Å². The van der Waals surface area contributed by atoms with Crippen molar-refractivity contribution in [1.29, 1.82) is 0 Å². The van der Waals surface area contributed by atoms with Crippen LogP contribution in [0.5, 0.6) is 0 Å². The van der Waals surface area contributed by atoms with E-state index in [1.165, 1.54) is 19.3 Å². The molecule has 0 aromatic heterocycles. The number of carbonyl (C=O) groups is 1. The summed E-state index contributed by atoms with van der Waals surface area (Å²) in [6.07, 6.45) is 4.94. The van der Waals surface area contributed by atoms with Crippen LogP contribution >= 0.6 is 0 Å². The smallest absolute Gasteiger partial charge is 0.305 e. The minimum Gasteiger partial charge on any atom is -0.481 e. The van der Waals surface area contributed by atoms with Crippen LogP contribution in [-0.2, 0) is 4.79 Å². The molecule has 0 aromatic rings. The van der Waals surface area contributed by atoms with E-state index in [9.17, 15) is 9.90 Å². The molecule has 0 bridgehead atoms. The number of piperazine rings is 1. The molecular weight excluding hydrogens is 264 g/mol. The number of likely N-dealkylation sites (N-methyl/N-ethyl adjacent to an activating group) is 1. The van der Waals surface area contributed by atoms with Crippen molar-refractivity contribution in [2.45, 2.75) is 58.4 Å². The number of aliphatic carboxylic acids is 1. The highest BCUT2D eigenvalue weighted by Gasteiger charge is 2.51. The summed E-state index contributed by atoms with van der Waals surface area (Å²) in [6.45, 7) is 11.0. The van der Waals surface area contributed by atoms with Crippen molar-refractivity contribution in [3.63, 3.8) is 0 Å².